The van der Waals surface area contributed by atoms with Crippen LogP contribution in [0.3, 0.4) is 0 Å². The second kappa shape index (κ2) is 7.22. The number of amides is 1. The Balaban J connectivity index is 2.29. The number of methoxy groups -OCH3 is 1. The first-order valence-corrected chi connectivity index (χ1v) is 8.37. The fourth-order valence-corrected chi connectivity index (χ4v) is 2.88. The van der Waals surface area contributed by atoms with E-state index >= 15 is 0 Å². The van der Waals surface area contributed by atoms with E-state index in [1.165, 1.54) is 50.4 Å². The minimum atomic E-state index is -4.16. The molecule has 0 bridgehead atoms. The Morgan fingerprint density at radius 2 is 1.68 bits per heavy atom. The minimum absolute atomic E-state index is 0.0293. The highest BCUT2D eigenvalue weighted by atomic mass is 32.2. The van der Waals surface area contributed by atoms with Crippen molar-refractivity contribution in [3.05, 3.63) is 48.0 Å². The third-order valence-corrected chi connectivity index (χ3v) is 4.32. The van der Waals surface area contributed by atoms with Crippen LogP contribution in [0.4, 0.5) is 5.69 Å². The van der Waals surface area contributed by atoms with Gasteiger partial charge in [0, 0.05) is 12.6 Å². The highest BCUT2D eigenvalue weighted by Gasteiger charge is 2.20. The van der Waals surface area contributed by atoms with Crippen molar-refractivity contribution in [2.75, 3.05) is 12.4 Å². The number of benzene rings is 2. The van der Waals surface area contributed by atoms with E-state index in [1.54, 1.807) is 0 Å². The highest BCUT2D eigenvalue weighted by Crippen LogP contribution is 2.31. The lowest BCUT2D eigenvalue weighted by molar-refractivity contribution is -0.114. The molecule has 25 heavy (non-hydrogen) atoms. The quantitative estimate of drug-likeness (QED) is 0.753. The second-order valence-corrected chi connectivity index (χ2v) is 6.46. The van der Waals surface area contributed by atoms with Gasteiger partial charge in [-0.05, 0) is 42.5 Å². The van der Waals surface area contributed by atoms with Crippen LogP contribution in [-0.4, -0.2) is 32.5 Å². The second-order valence-electron chi connectivity index (χ2n) is 4.91. The zero-order chi connectivity index (χ0) is 18.6. The number of rotatable bonds is 6. The molecule has 0 spiro atoms. The van der Waals surface area contributed by atoms with E-state index < -0.39 is 16.1 Å². The number of ether oxygens (including phenoxy) is 1. The lowest BCUT2D eigenvalue weighted by atomic mass is 10.2. The molecule has 0 fully saturated rings. The molecule has 132 valence electrons. The monoisotopic (exact) mass is 365 g/mol. The van der Waals surface area contributed by atoms with Crippen LogP contribution in [0.5, 0.6) is 11.5 Å². The van der Waals surface area contributed by atoms with Crippen molar-refractivity contribution in [3.8, 4) is 11.5 Å². The topological polar surface area (TPSA) is 119 Å². The number of hydrogen-bond acceptors (Lipinski definition) is 6. The molecule has 0 saturated carbocycles. The number of aromatic carboxylic acids is 1. The number of carbonyl (C=O) groups is 2. The predicted octanol–water partition coefficient (Wildman–Crippen LogP) is 2.12. The first-order valence-electron chi connectivity index (χ1n) is 6.96. The van der Waals surface area contributed by atoms with Crippen LogP contribution in [0.25, 0.3) is 0 Å². The lowest BCUT2D eigenvalue weighted by Gasteiger charge is -2.11. The van der Waals surface area contributed by atoms with Crippen LogP contribution in [0, 0.1) is 0 Å². The van der Waals surface area contributed by atoms with Gasteiger partial charge in [-0.25, -0.2) is 4.79 Å². The van der Waals surface area contributed by atoms with Gasteiger partial charge in [0.1, 0.15) is 4.90 Å². The number of carbonyl (C=O) groups excluding carboxylic acids is 1. The van der Waals surface area contributed by atoms with Gasteiger partial charge in [0.05, 0.1) is 12.7 Å². The summed E-state index contributed by atoms with van der Waals surface area (Å²) in [5, 5.41) is 11.5. The van der Waals surface area contributed by atoms with E-state index in [0.29, 0.717) is 5.69 Å². The fourth-order valence-electron chi connectivity index (χ4n) is 1.94. The minimum Gasteiger partial charge on any atom is -0.493 e. The lowest BCUT2D eigenvalue weighted by Crippen LogP contribution is -2.11. The van der Waals surface area contributed by atoms with Gasteiger partial charge < -0.3 is 19.3 Å². The number of carboxylic acids is 1. The van der Waals surface area contributed by atoms with Gasteiger partial charge in [-0.2, -0.15) is 8.42 Å². The van der Waals surface area contributed by atoms with E-state index in [-0.39, 0.29) is 27.9 Å². The molecule has 0 unspecified atom stereocenters. The van der Waals surface area contributed by atoms with Gasteiger partial charge in [0.15, 0.2) is 11.5 Å². The summed E-state index contributed by atoms with van der Waals surface area (Å²) in [5.41, 5.74) is 0.371. The summed E-state index contributed by atoms with van der Waals surface area (Å²) in [7, 11) is -2.90. The molecule has 8 nitrogen and oxygen atoms in total. The number of hydrogen-bond donors (Lipinski definition) is 2. The zero-order valence-corrected chi connectivity index (χ0v) is 14.2. The number of carboxylic acid groups (broad SMARTS) is 1. The van der Waals surface area contributed by atoms with Crippen LogP contribution in [0.1, 0.15) is 17.3 Å². The van der Waals surface area contributed by atoms with Crippen LogP contribution in [0.15, 0.2) is 47.4 Å². The third kappa shape index (κ3) is 4.48. The van der Waals surface area contributed by atoms with Crippen LogP contribution in [-0.2, 0) is 14.9 Å². The van der Waals surface area contributed by atoms with E-state index in [9.17, 15) is 18.0 Å². The van der Waals surface area contributed by atoms with Gasteiger partial charge in [0.25, 0.3) is 0 Å². The molecule has 0 saturated heterocycles. The Hall–Kier alpha value is -3.07. The summed E-state index contributed by atoms with van der Waals surface area (Å²) in [6, 6.07) is 8.95. The van der Waals surface area contributed by atoms with Crippen molar-refractivity contribution >= 4 is 27.7 Å². The van der Waals surface area contributed by atoms with E-state index in [0.717, 1.165) is 6.07 Å². The Kier molecular flexibility index (Phi) is 5.28. The van der Waals surface area contributed by atoms with Crippen LogP contribution >= 0.6 is 0 Å². The molecular formula is C16H15NO7S. The van der Waals surface area contributed by atoms with Crippen LogP contribution < -0.4 is 14.2 Å². The van der Waals surface area contributed by atoms with Crippen molar-refractivity contribution in [3.63, 3.8) is 0 Å². The molecule has 0 aliphatic carbocycles. The molecule has 0 aliphatic rings. The fraction of sp³-hybridized carbons (Fsp3) is 0.125. The molecule has 0 radical (unpaired) electrons. The Labute approximate surface area is 144 Å². The Morgan fingerprint density at radius 1 is 1.04 bits per heavy atom. The summed E-state index contributed by atoms with van der Waals surface area (Å²) in [4.78, 5) is 21.8. The average molecular weight is 365 g/mol. The van der Waals surface area contributed by atoms with E-state index in [4.69, 9.17) is 14.0 Å². The summed E-state index contributed by atoms with van der Waals surface area (Å²) < 4.78 is 34.7. The average Bonchev–Trinajstić information content (AvgIpc) is 2.54. The predicted molar refractivity (Wildman–Crippen MR) is 88.5 cm³/mol. The van der Waals surface area contributed by atoms with Crippen molar-refractivity contribution in [2.45, 2.75) is 11.8 Å². The molecule has 0 atom stereocenters. The maximum Gasteiger partial charge on any atom is 0.339 e. The summed E-state index contributed by atoms with van der Waals surface area (Å²) >= 11 is 0. The summed E-state index contributed by atoms with van der Waals surface area (Å²) in [6.45, 7) is 1.33. The molecule has 0 aromatic heterocycles. The molecule has 0 aliphatic heterocycles. The van der Waals surface area contributed by atoms with Gasteiger partial charge in [-0.15, -0.1) is 0 Å². The Bertz CT molecular complexity index is 905. The highest BCUT2D eigenvalue weighted by molar-refractivity contribution is 7.87. The first kappa shape index (κ1) is 18.3. The standard InChI is InChI=1S/C16H15NO7S/c1-10(18)17-12-4-6-13(7-5-12)25(21,22)24-14-8-3-11(16(19)20)9-15(14)23-2/h3-9H,1-2H3,(H,17,18)(H,19,20). The number of anilines is 1. The molecule has 2 rings (SSSR count). The zero-order valence-electron chi connectivity index (χ0n) is 13.3. The van der Waals surface area contributed by atoms with Gasteiger partial charge in [0.2, 0.25) is 5.91 Å². The molecule has 2 N–H and O–H groups in total. The Morgan fingerprint density at radius 3 is 2.20 bits per heavy atom. The van der Waals surface area contributed by atoms with Crippen molar-refractivity contribution < 1.29 is 32.0 Å². The van der Waals surface area contributed by atoms with Gasteiger partial charge in [-0.1, -0.05) is 0 Å². The van der Waals surface area contributed by atoms with Gasteiger partial charge >= 0.3 is 16.1 Å². The largest absolute Gasteiger partial charge is 0.493 e. The molecule has 2 aromatic carbocycles. The smallest absolute Gasteiger partial charge is 0.339 e. The molecule has 0 heterocycles. The molecule has 1 amide bonds. The maximum atomic E-state index is 12.3. The van der Waals surface area contributed by atoms with Gasteiger partial charge in [-0.3, -0.25) is 4.79 Å². The molecule has 2 aromatic rings. The van der Waals surface area contributed by atoms with Crippen molar-refractivity contribution in [2.24, 2.45) is 0 Å². The molecular weight excluding hydrogens is 350 g/mol. The van der Waals surface area contributed by atoms with E-state index in [2.05, 4.69) is 5.32 Å². The van der Waals surface area contributed by atoms with Crippen molar-refractivity contribution in [1.82, 2.24) is 0 Å². The summed E-state index contributed by atoms with van der Waals surface area (Å²) in [5.74, 6) is -1.63. The normalized spacial score (nSPS) is 10.8. The van der Waals surface area contributed by atoms with Crippen molar-refractivity contribution in [1.29, 1.82) is 0 Å². The SMILES string of the molecule is COc1cc(C(=O)O)ccc1OS(=O)(=O)c1ccc(NC(C)=O)cc1. The third-order valence-electron chi connectivity index (χ3n) is 3.07. The molecule has 9 heteroatoms. The number of nitrogens with one attached hydrogen (secondary N) is 1. The summed E-state index contributed by atoms with van der Waals surface area (Å²) in [6.07, 6.45) is 0. The first-order chi connectivity index (χ1) is 11.7. The maximum absolute atomic E-state index is 12.3. The van der Waals surface area contributed by atoms with Crippen LogP contribution in [0.2, 0.25) is 0 Å². The van der Waals surface area contributed by atoms with E-state index in [1.807, 2.05) is 0 Å².